The summed E-state index contributed by atoms with van der Waals surface area (Å²) in [7, 11) is -1.96. The molecule has 0 bridgehead atoms. The zero-order valence-corrected chi connectivity index (χ0v) is 29.9. The number of carbonyl (C=O) groups excluding carboxylic acids is 1. The summed E-state index contributed by atoms with van der Waals surface area (Å²) >= 11 is 0. The van der Waals surface area contributed by atoms with E-state index in [4.69, 9.17) is 13.9 Å². The van der Waals surface area contributed by atoms with E-state index in [0.717, 1.165) is 12.0 Å². The van der Waals surface area contributed by atoms with E-state index < -0.39 is 15.2 Å². The second kappa shape index (κ2) is 15.2. The summed E-state index contributed by atoms with van der Waals surface area (Å²) in [5.74, 6) is 2.19. The van der Waals surface area contributed by atoms with Crippen LogP contribution in [0.2, 0.25) is 18.1 Å². The lowest BCUT2D eigenvalue weighted by molar-refractivity contribution is -0.113. The number of ketones is 1. The highest BCUT2D eigenvalue weighted by atomic mass is 31.2. The molecule has 4 nitrogen and oxygen atoms in total. The number of ether oxygens (including phenoxy) is 2. The van der Waals surface area contributed by atoms with Gasteiger partial charge in [-0.2, -0.15) is 0 Å². The van der Waals surface area contributed by atoms with Gasteiger partial charge in [-0.05, 0) is 58.7 Å². The average molecular weight is 653 g/mol. The van der Waals surface area contributed by atoms with Crippen LogP contribution in [-0.4, -0.2) is 44.8 Å². The zero-order valence-electron chi connectivity index (χ0n) is 28.0. The molecule has 6 heteroatoms. The van der Waals surface area contributed by atoms with Crippen molar-refractivity contribution in [1.82, 2.24) is 0 Å². The number of hydrogen-bond acceptors (Lipinski definition) is 4. The van der Waals surface area contributed by atoms with Gasteiger partial charge in [0.15, 0.2) is 14.1 Å². The molecule has 0 spiro atoms. The Bertz CT molecular complexity index is 1480. The first-order valence-corrected chi connectivity index (χ1v) is 21.2. The van der Waals surface area contributed by atoms with Gasteiger partial charge in [-0.15, -0.1) is 0 Å². The van der Waals surface area contributed by atoms with Gasteiger partial charge in [-0.1, -0.05) is 142 Å². The minimum Gasteiger partial charge on any atom is -0.414 e. The Morgan fingerprint density at radius 1 is 0.804 bits per heavy atom. The maximum absolute atomic E-state index is 14.0. The van der Waals surface area contributed by atoms with Crippen molar-refractivity contribution in [2.75, 3.05) is 6.61 Å². The van der Waals surface area contributed by atoms with Crippen molar-refractivity contribution in [3.8, 4) is 0 Å². The van der Waals surface area contributed by atoms with E-state index in [1.165, 1.54) is 15.9 Å². The van der Waals surface area contributed by atoms with Gasteiger partial charge in [-0.25, -0.2) is 0 Å². The van der Waals surface area contributed by atoms with Crippen LogP contribution in [0.3, 0.4) is 0 Å². The largest absolute Gasteiger partial charge is 0.414 e. The van der Waals surface area contributed by atoms with E-state index in [-0.39, 0.29) is 29.1 Å². The monoisotopic (exact) mass is 652 g/mol. The number of carbonyl (C=O) groups is 1. The summed E-state index contributed by atoms with van der Waals surface area (Å²) in [6.45, 7) is 10.0. The van der Waals surface area contributed by atoms with Crippen molar-refractivity contribution in [1.29, 1.82) is 0 Å². The third-order valence-electron chi connectivity index (χ3n) is 9.54. The van der Waals surface area contributed by atoms with Gasteiger partial charge in [0.1, 0.15) is 6.10 Å². The third kappa shape index (κ3) is 8.26. The molecule has 0 aromatic heterocycles. The normalized spacial score (nSPS) is 18.8. The van der Waals surface area contributed by atoms with Crippen LogP contribution in [-0.2, 0) is 25.3 Å². The van der Waals surface area contributed by atoms with Crippen LogP contribution < -0.4 is 15.9 Å². The first kappa shape index (κ1) is 34.3. The molecule has 0 aliphatic carbocycles. The smallest absolute Gasteiger partial charge is 0.192 e. The highest BCUT2D eigenvalue weighted by Gasteiger charge is 2.41. The van der Waals surface area contributed by atoms with Crippen LogP contribution in [0, 0.1) is 0 Å². The predicted octanol–water partition coefficient (Wildman–Crippen LogP) is 7.90. The SMILES string of the molecule is CC(C)(C)[Si](C)(C)OC[C@@H]1O[C@@H](CCC(=O)C=P(c2ccccc2)(c2ccccc2)c2ccccc2)C[C@@H]1OCc1ccccc1. The van der Waals surface area contributed by atoms with Crippen LogP contribution in [0.25, 0.3) is 0 Å². The molecular weight excluding hydrogens is 603 g/mol. The summed E-state index contributed by atoms with van der Waals surface area (Å²) < 4.78 is 19.7. The predicted molar refractivity (Wildman–Crippen MR) is 197 cm³/mol. The van der Waals surface area contributed by atoms with Gasteiger partial charge < -0.3 is 13.9 Å². The molecule has 1 fully saturated rings. The summed E-state index contributed by atoms with van der Waals surface area (Å²) in [4.78, 5) is 14.0. The maximum atomic E-state index is 14.0. The Morgan fingerprint density at radius 2 is 1.28 bits per heavy atom. The van der Waals surface area contributed by atoms with Gasteiger partial charge in [0.05, 0.1) is 25.4 Å². The number of Topliss-reactive ketones (excluding diaryl/α,β-unsaturated/α-hetero) is 1. The first-order chi connectivity index (χ1) is 22.1. The number of benzene rings is 4. The zero-order chi connectivity index (χ0) is 32.6. The molecule has 0 N–H and O–H groups in total. The van der Waals surface area contributed by atoms with Crippen LogP contribution in [0.15, 0.2) is 121 Å². The molecule has 0 amide bonds. The first-order valence-electron chi connectivity index (χ1n) is 16.5. The fourth-order valence-corrected chi connectivity index (χ4v) is 10.7. The Labute approximate surface area is 277 Å². The van der Waals surface area contributed by atoms with Crippen molar-refractivity contribution in [3.63, 3.8) is 0 Å². The molecule has 1 aliphatic rings. The Morgan fingerprint density at radius 3 is 1.76 bits per heavy atom. The quantitative estimate of drug-likeness (QED) is 0.109. The lowest BCUT2D eigenvalue weighted by Gasteiger charge is -2.37. The van der Waals surface area contributed by atoms with Crippen LogP contribution in [0.5, 0.6) is 0 Å². The van der Waals surface area contributed by atoms with E-state index >= 15 is 0 Å². The summed E-state index contributed by atoms with van der Waals surface area (Å²) in [6, 6.07) is 41.8. The Kier molecular flexibility index (Phi) is 11.4. The topological polar surface area (TPSA) is 44.8 Å². The third-order valence-corrected chi connectivity index (χ3v) is 18.1. The van der Waals surface area contributed by atoms with Gasteiger partial charge in [0.2, 0.25) is 0 Å². The fourth-order valence-electron chi connectivity index (χ4n) is 5.84. The van der Waals surface area contributed by atoms with Crippen molar-refractivity contribution in [3.05, 3.63) is 127 Å². The van der Waals surface area contributed by atoms with Crippen molar-refractivity contribution >= 4 is 42.7 Å². The van der Waals surface area contributed by atoms with Gasteiger partial charge >= 0.3 is 0 Å². The summed E-state index contributed by atoms with van der Waals surface area (Å²) in [5, 5.41) is 3.64. The molecule has 1 saturated heterocycles. The minimum absolute atomic E-state index is 0.0657. The van der Waals surface area contributed by atoms with Gasteiger partial charge in [0.25, 0.3) is 0 Å². The lowest BCUT2D eigenvalue weighted by atomic mass is 10.1. The number of rotatable bonds is 13. The Hall–Kier alpha value is -3.05. The van der Waals surface area contributed by atoms with Crippen molar-refractivity contribution < 1.29 is 18.7 Å². The fraction of sp³-hybridized carbons (Fsp3) is 0.350. The molecule has 4 aromatic rings. The summed E-state index contributed by atoms with van der Waals surface area (Å²) in [5.41, 5.74) is 1.14. The highest BCUT2D eigenvalue weighted by molar-refractivity contribution is 7.95. The molecule has 46 heavy (non-hydrogen) atoms. The van der Waals surface area contributed by atoms with Crippen molar-refractivity contribution in [2.45, 2.75) is 83.1 Å². The number of hydrogen-bond donors (Lipinski definition) is 0. The molecule has 1 heterocycles. The molecule has 1 aliphatic heterocycles. The van der Waals surface area contributed by atoms with E-state index in [2.05, 4.69) is 119 Å². The van der Waals surface area contributed by atoms with E-state index in [1.54, 1.807) is 0 Å². The standard InChI is InChI=1S/C40H49O4PSi/c1-40(2,3)46(4,5)43-30-39-38(42-29-32-18-10-6-11-19-32)28-34(44-39)27-26-33(41)31-45(35-20-12-7-13-21-35,36-22-14-8-15-23-36)37-24-16-9-17-25-37/h6-25,31,34,38-39H,26-30H2,1-5H3/t34-,38-,39-/m0/s1. The molecule has 0 radical (unpaired) electrons. The molecule has 0 saturated carbocycles. The van der Waals surface area contributed by atoms with E-state index in [1.807, 2.05) is 42.2 Å². The van der Waals surface area contributed by atoms with Gasteiger partial charge in [0, 0.05) is 12.8 Å². The maximum Gasteiger partial charge on any atom is 0.192 e. The van der Waals surface area contributed by atoms with Crippen LogP contribution in [0.1, 0.15) is 45.6 Å². The second-order valence-electron chi connectivity index (χ2n) is 13.8. The molecule has 3 atom stereocenters. The molecule has 4 aromatic carbocycles. The molecule has 0 unspecified atom stereocenters. The summed E-state index contributed by atoms with van der Waals surface area (Å²) in [6.07, 6.45) is 1.51. The van der Waals surface area contributed by atoms with Gasteiger partial charge in [-0.3, -0.25) is 4.79 Å². The molecule has 242 valence electrons. The van der Waals surface area contributed by atoms with E-state index in [9.17, 15) is 4.79 Å². The Balaban J connectivity index is 1.37. The average Bonchev–Trinajstić information content (AvgIpc) is 3.47. The van der Waals surface area contributed by atoms with Crippen LogP contribution >= 0.6 is 6.89 Å². The van der Waals surface area contributed by atoms with Crippen molar-refractivity contribution in [2.24, 2.45) is 0 Å². The second-order valence-corrected chi connectivity index (χ2v) is 21.9. The molecular formula is C40H49O4PSi. The minimum atomic E-state index is -2.34. The highest BCUT2D eigenvalue weighted by Crippen LogP contribution is 2.44. The molecule has 5 rings (SSSR count). The lowest BCUT2D eigenvalue weighted by Crippen LogP contribution is -2.44. The van der Waals surface area contributed by atoms with Crippen LogP contribution in [0.4, 0.5) is 0 Å². The van der Waals surface area contributed by atoms with E-state index in [0.29, 0.717) is 26.1 Å².